The van der Waals surface area contributed by atoms with E-state index in [2.05, 4.69) is 26.1 Å². The smallest absolute Gasteiger partial charge is 0.0507 e. The van der Waals surface area contributed by atoms with Gasteiger partial charge >= 0.3 is 0 Å². The van der Waals surface area contributed by atoms with Crippen LogP contribution in [0.5, 0.6) is 0 Å². The highest BCUT2D eigenvalue weighted by Gasteiger charge is 2.60. The van der Waals surface area contributed by atoms with Gasteiger partial charge in [0, 0.05) is 19.2 Å². The van der Waals surface area contributed by atoms with E-state index in [4.69, 9.17) is 4.74 Å². The summed E-state index contributed by atoms with van der Waals surface area (Å²) in [5.41, 5.74) is 1.06. The van der Waals surface area contributed by atoms with Crippen molar-refractivity contribution >= 4 is 0 Å². The van der Waals surface area contributed by atoms with E-state index in [1.807, 2.05) is 0 Å². The van der Waals surface area contributed by atoms with Crippen LogP contribution in [0.3, 0.4) is 0 Å². The average molecular weight is 237 g/mol. The Hall–Kier alpha value is -0.0800. The molecule has 1 heterocycles. The minimum atomic E-state index is 0.525. The lowest BCUT2D eigenvalue weighted by Gasteiger charge is -2.40. The molecule has 2 bridgehead atoms. The maximum absolute atomic E-state index is 5.46. The number of fused-ring (bicyclic) bond motifs is 2. The van der Waals surface area contributed by atoms with Crippen LogP contribution in [0.15, 0.2) is 0 Å². The molecule has 4 unspecified atom stereocenters. The molecule has 1 saturated heterocycles. The second-order valence-corrected chi connectivity index (χ2v) is 7.30. The van der Waals surface area contributed by atoms with Crippen molar-refractivity contribution in [3.63, 3.8) is 0 Å². The minimum Gasteiger partial charge on any atom is -0.381 e. The Morgan fingerprint density at radius 2 is 2.06 bits per heavy atom. The van der Waals surface area contributed by atoms with Crippen LogP contribution in [-0.2, 0) is 4.74 Å². The van der Waals surface area contributed by atoms with E-state index in [1.54, 1.807) is 0 Å². The van der Waals surface area contributed by atoms with E-state index in [0.29, 0.717) is 10.8 Å². The molecule has 0 radical (unpaired) electrons. The van der Waals surface area contributed by atoms with Crippen molar-refractivity contribution in [1.29, 1.82) is 0 Å². The summed E-state index contributed by atoms with van der Waals surface area (Å²) < 4.78 is 5.46. The van der Waals surface area contributed by atoms with Gasteiger partial charge in [0.15, 0.2) is 0 Å². The van der Waals surface area contributed by atoms with Gasteiger partial charge in [-0.2, -0.15) is 0 Å². The van der Waals surface area contributed by atoms with Gasteiger partial charge in [-0.15, -0.1) is 0 Å². The molecule has 0 amide bonds. The number of rotatable bonds is 3. The van der Waals surface area contributed by atoms with E-state index < -0.39 is 0 Å². The van der Waals surface area contributed by atoms with Crippen molar-refractivity contribution in [2.75, 3.05) is 19.8 Å². The van der Waals surface area contributed by atoms with Crippen molar-refractivity contribution < 1.29 is 4.74 Å². The van der Waals surface area contributed by atoms with Crippen LogP contribution in [-0.4, -0.2) is 25.8 Å². The molecule has 2 heteroatoms. The molecule has 0 spiro atoms. The third-order valence-corrected chi connectivity index (χ3v) is 6.47. The maximum atomic E-state index is 5.46. The standard InChI is InChI=1S/C15H27NO/c1-14(2)12-4-6-15(14,3)13(8-12)16-9-11-5-7-17-10-11/h11-13,16H,4-10H2,1-3H3. The lowest BCUT2D eigenvalue weighted by molar-refractivity contribution is 0.117. The summed E-state index contributed by atoms with van der Waals surface area (Å²) in [7, 11) is 0. The highest BCUT2D eigenvalue weighted by Crippen LogP contribution is 2.65. The van der Waals surface area contributed by atoms with E-state index >= 15 is 0 Å². The predicted molar refractivity (Wildman–Crippen MR) is 69.9 cm³/mol. The Labute approximate surface area is 105 Å². The van der Waals surface area contributed by atoms with Crippen LogP contribution in [0, 0.1) is 22.7 Å². The molecule has 17 heavy (non-hydrogen) atoms. The second-order valence-electron chi connectivity index (χ2n) is 7.30. The van der Waals surface area contributed by atoms with Crippen molar-refractivity contribution in [1.82, 2.24) is 5.32 Å². The molecule has 1 aliphatic heterocycles. The van der Waals surface area contributed by atoms with Crippen LogP contribution >= 0.6 is 0 Å². The number of ether oxygens (including phenoxy) is 1. The molecular weight excluding hydrogens is 210 g/mol. The molecular formula is C15H27NO. The highest BCUT2D eigenvalue weighted by atomic mass is 16.5. The summed E-state index contributed by atoms with van der Waals surface area (Å²) in [6, 6.07) is 0.747. The average Bonchev–Trinajstić information content (AvgIpc) is 2.91. The number of hydrogen-bond donors (Lipinski definition) is 1. The molecule has 3 aliphatic rings. The van der Waals surface area contributed by atoms with Gasteiger partial charge in [-0.1, -0.05) is 20.8 Å². The predicted octanol–water partition coefficient (Wildman–Crippen LogP) is 2.83. The number of nitrogens with one attached hydrogen (secondary N) is 1. The van der Waals surface area contributed by atoms with Crippen molar-refractivity contribution in [2.45, 2.75) is 52.5 Å². The monoisotopic (exact) mass is 237 g/mol. The van der Waals surface area contributed by atoms with Gasteiger partial charge in [-0.3, -0.25) is 0 Å². The molecule has 0 aromatic heterocycles. The van der Waals surface area contributed by atoms with Gasteiger partial charge in [-0.05, 0) is 48.3 Å². The van der Waals surface area contributed by atoms with Gasteiger partial charge < -0.3 is 10.1 Å². The molecule has 98 valence electrons. The quantitative estimate of drug-likeness (QED) is 0.815. The van der Waals surface area contributed by atoms with Crippen molar-refractivity contribution in [2.24, 2.45) is 22.7 Å². The summed E-state index contributed by atoms with van der Waals surface area (Å²) in [5.74, 6) is 1.71. The molecule has 1 N–H and O–H groups in total. The lowest BCUT2D eigenvalue weighted by atomic mass is 9.69. The molecule has 3 fully saturated rings. The van der Waals surface area contributed by atoms with Crippen LogP contribution in [0.1, 0.15) is 46.5 Å². The molecule has 0 aromatic carbocycles. The fourth-order valence-corrected chi connectivity index (χ4v) is 4.57. The Bertz CT molecular complexity index is 295. The van der Waals surface area contributed by atoms with E-state index in [9.17, 15) is 0 Å². The summed E-state index contributed by atoms with van der Waals surface area (Å²) in [5, 5.41) is 3.87. The molecule has 3 rings (SSSR count). The van der Waals surface area contributed by atoms with Gasteiger partial charge in [0.2, 0.25) is 0 Å². The van der Waals surface area contributed by atoms with Gasteiger partial charge in [0.1, 0.15) is 0 Å². The van der Waals surface area contributed by atoms with Crippen LogP contribution in [0.4, 0.5) is 0 Å². The van der Waals surface area contributed by atoms with Crippen molar-refractivity contribution in [3.05, 3.63) is 0 Å². The lowest BCUT2D eigenvalue weighted by Crippen LogP contribution is -2.46. The largest absolute Gasteiger partial charge is 0.381 e. The third kappa shape index (κ3) is 1.67. The van der Waals surface area contributed by atoms with E-state index in [0.717, 1.165) is 31.1 Å². The SMILES string of the molecule is CC1(C)C2CCC1(C)C(NCC1CCOC1)C2. The molecule has 2 aliphatic carbocycles. The zero-order chi connectivity index (χ0) is 12.1. The first-order chi connectivity index (χ1) is 8.04. The normalized spacial score (nSPS) is 47.8. The Morgan fingerprint density at radius 3 is 2.59 bits per heavy atom. The second kappa shape index (κ2) is 3.96. The van der Waals surface area contributed by atoms with Gasteiger partial charge in [0.05, 0.1) is 6.61 Å². The summed E-state index contributed by atoms with van der Waals surface area (Å²) in [6.07, 6.45) is 5.53. The maximum Gasteiger partial charge on any atom is 0.0507 e. The summed E-state index contributed by atoms with van der Waals surface area (Å²) in [4.78, 5) is 0. The van der Waals surface area contributed by atoms with Gasteiger partial charge in [0.25, 0.3) is 0 Å². The summed E-state index contributed by atoms with van der Waals surface area (Å²) >= 11 is 0. The zero-order valence-electron chi connectivity index (χ0n) is 11.6. The third-order valence-electron chi connectivity index (χ3n) is 6.47. The van der Waals surface area contributed by atoms with Crippen LogP contribution in [0.25, 0.3) is 0 Å². The fourth-order valence-electron chi connectivity index (χ4n) is 4.57. The molecule has 4 atom stereocenters. The first-order valence-electron chi connectivity index (χ1n) is 7.35. The first-order valence-corrected chi connectivity index (χ1v) is 7.35. The fraction of sp³-hybridized carbons (Fsp3) is 1.00. The Balaban J connectivity index is 1.62. The minimum absolute atomic E-state index is 0.525. The van der Waals surface area contributed by atoms with Crippen molar-refractivity contribution in [3.8, 4) is 0 Å². The molecule has 2 saturated carbocycles. The van der Waals surface area contributed by atoms with Gasteiger partial charge in [-0.25, -0.2) is 0 Å². The topological polar surface area (TPSA) is 21.3 Å². The zero-order valence-corrected chi connectivity index (χ0v) is 11.6. The van der Waals surface area contributed by atoms with Crippen LogP contribution in [0.2, 0.25) is 0 Å². The Kier molecular flexibility index (Phi) is 2.79. The van der Waals surface area contributed by atoms with Crippen LogP contribution < -0.4 is 5.32 Å². The summed E-state index contributed by atoms with van der Waals surface area (Å²) in [6.45, 7) is 10.6. The van der Waals surface area contributed by atoms with E-state index in [1.165, 1.54) is 32.2 Å². The number of hydrogen-bond acceptors (Lipinski definition) is 2. The van der Waals surface area contributed by atoms with E-state index in [-0.39, 0.29) is 0 Å². The Morgan fingerprint density at radius 1 is 1.24 bits per heavy atom. The first kappa shape index (κ1) is 12.0. The highest BCUT2D eigenvalue weighted by molar-refractivity contribution is 5.13. The molecule has 0 aromatic rings. The molecule has 2 nitrogen and oxygen atoms in total.